The molecular formula is C22H25N5O2. The zero-order valence-corrected chi connectivity index (χ0v) is 17.3. The van der Waals surface area contributed by atoms with Gasteiger partial charge in [-0.25, -0.2) is 4.68 Å². The van der Waals surface area contributed by atoms with Crippen molar-refractivity contribution >= 4 is 23.2 Å². The fraction of sp³-hybridized carbons (Fsp3) is 0.273. The van der Waals surface area contributed by atoms with Gasteiger partial charge in [0.25, 0.3) is 5.91 Å². The van der Waals surface area contributed by atoms with Crippen LogP contribution in [0.5, 0.6) is 0 Å². The van der Waals surface area contributed by atoms with Crippen molar-refractivity contribution in [3.63, 3.8) is 0 Å². The van der Waals surface area contributed by atoms with Gasteiger partial charge in [-0.15, -0.1) is 5.10 Å². The Bertz CT molecular complexity index is 1080. The minimum absolute atomic E-state index is 0.0248. The molecule has 2 amide bonds. The van der Waals surface area contributed by atoms with Gasteiger partial charge in [-0.3, -0.25) is 9.59 Å². The van der Waals surface area contributed by atoms with E-state index in [1.807, 2.05) is 64.1 Å². The standard InChI is InChI=1S/C22H25N5O2/c1-13-9-10-15(3)19(11-13)24-22(29)21-17(5)27(26-25-21)12-20(28)23-18-8-6-7-14(2)16(18)4/h6-11H,12H2,1-5H3,(H,23,28)(H,24,29). The Hall–Kier alpha value is -3.48. The molecule has 2 aromatic carbocycles. The Morgan fingerprint density at radius 2 is 1.69 bits per heavy atom. The highest BCUT2D eigenvalue weighted by atomic mass is 16.2. The van der Waals surface area contributed by atoms with E-state index in [2.05, 4.69) is 20.9 Å². The van der Waals surface area contributed by atoms with Crippen LogP contribution < -0.4 is 10.6 Å². The summed E-state index contributed by atoms with van der Waals surface area (Å²) >= 11 is 0. The topological polar surface area (TPSA) is 88.9 Å². The molecule has 1 heterocycles. The molecule has 150 valence electrons. The third-order valence-electron chi connectivity index (χ3n) is 5.01. The van der Waals surface area contributed by atoms with Crippen LogP contribution in [0.1, 0.15) is 38.4 Å². The van der Waals surface area contributed by atoms with E-state index < -0.39 is 0 Å². The van der Waals surface area contributed by atoms with Crippen LogP contribution in [0.15, 0.2) is 36.4 Å². The monoisotopic (exact) mass is 391 g/mol. The van der Waals surface area contributed by atoms with Crippen LogP contribution in [0.3, 0.4) is 0 Å². The van der Waals surface area contributed by atoms with E-state index in [1.165, 1.54) is 4.68 Å². The molecule has 0 aliphatic heterocycles. The number of aryl methyl sites for hydroxylation is 3. The summed E-state index contributed by atoms with van der Waals surface area (Å²) in [5, 5.41) is 13.7. The summed E-state index contributed by atoms with van der Waals surface area (Å²) in [5.74, 6) is -0.578. The molecule has 2 N–H and O–H groups in total. The first-order valence-electron chi connectivity index (χ1n) is 9.41. The Morgan fingerprint density at radius 3 is 2.45 bits per heavy atom. The van der Waals surface area contributed by atoms with Crippen LogP contribution in [0.25, 0.3) is 0 Å². The van der Waals surface area contributed by atoms with Crippen LogP contribution in [0, 0.1) is 34.6 Å². The SMILES string of the molecule is Cc1ccc(C)c(NC(=O)c2nnn(CC(=O)Nc3cccc(C)c3C)c2C)c1. The summed E-state index contributed by atoms with van der Waals surface area (Å²) in [5.41, 5.74) is 6.36. The maximum Gasteiger partial charge on any atom is 0.278 e. The van der Waals surface area contributed by atoms with Gasteiger partial charge in [-0.1, -0.05) is 29.5 Å². The van der Waals surface area contributed by atoms with Crippen molar-refractivity contribution in [2.45, 2.75) is 41.2 Å². The van der Waals surface area contributed by atoms with Gasteiger partial charge >= 0.3 is 0 Å². The van der Waals surface area contributed by atoms with Crippen LogP contribution in [0.2, 0.25) is 0 Å². The Labute approximate surface area is 170 Å². The van der Waals surface area contributed by atoms with Crippen LogP contribution in [-0.2, 0) is 11.3 Å². The number of hydrogen-bond acceptors (Lipinski definition) is 4. The lowest BCUT2D eigenvalue weighted by atomic mass is 10.1. The van der Waals surface area contributed by atoms with Gasteiger partial charge in [0.05, 0.1) is 5.69 Å². The first-order valence-corrected chi connectivity index (χ1v) is 9.41. The lowest BCUT2D eigenvalue weighted by Crippen LogP contribution is -2.21. The third-order valence-corrected chi connectivity index (χ3v) is 5.01. The largest absolute Gasteiger partial charge is 0.324 e. The molecule has 0 unspecified atom stereocenters. The number of nitrogens with one attached hydrogen (secondary N) is 2. The summed E-state index contributed by atoms with van der Waals surface area (Å²) in [7, 11) is 0. The van der Waals surface area contributed by atoms with Crippen LogP contribution >= 0.6 is 0 Å². The zero-order valence-electron chi connectivity index (χ0n) is 17.3. The van der Waals surface area contributed by atoms with E-state index >= 15 is 0 Å². The van der Waals surface area contributed by atoms with Gasteiger partial charge in [0.2, 0.25) is 5.91 Å². The molecule has 0 bridgehead atoms. The lowest BCUT2D eigenvalue weighted by Gasteiger charge is -2.11. The minimum atomic E-state index is -0.350. The van der Waals surface area contributed by atoms with Crippen LogP contribution in [0.4, 0.5) is 11.4 Å². The number of hydrogen-bond donors (Lipinski definition) is 2. The van der Waals surface area contributed by atoms with Gasteiger partial charge in [-0.05, 0) is 69.0 Å². The summed E-state index contributed by atoms with van der Waals surface area (Å²) in [6.07, 6.45) is 0. The molecule has 3 aromatic rings. The number of anilines is 2. The molecule has 0 aliphatic rings. The van der Waals surface area contributed by atoms with E-state index in [1.54, 1.807) is 6.92 Å². The quantitative estimate of drug-likeness (QED) is 0.694. The maximum atomic E-state index is 12.6. The normalized spacial score (nSPS) is 10.7. The fourth-order valence-electron chi connectivity index (χ4n) is 2.98. The second-order valence-electron chi connectivity index (χ2n) is 7.25. The summed E-state index contributed by atoms with van der Waals surface area (Å²) < 4.78 is 1.43. The molecule has 0 aliphatic carbocycles. The molecule has 7 nitrogen and oxygen atoms in total. The average Bonchev–Trinajstić information content (AvgIpc) is 3.02. The number of rotatable bonds is 5. The van der Waals surface area contributed by atoms with Crippen molar-refractivity contribution in [3.8, 4) is 0 Å². The highest BCUT2D eigenvalue weighted by Crippen LogP contribution is 2.19. The first kappa shape index (κ1) is 20.3. The average molecular weight is 391 g/mol. The number of benzene rings is 2. The molecule has 0 radical (unpaired) electrons. The van der Waals surface area contributed by atoms with E-state index in [4.69, 9.17) is 0 Å². The number of carbonyl (C=O) groups is 2. The molecule has 29 heavy (non-hydrogen) atoms. The highest BCUT2D eigenvalue weighted by molar-refractivity contribution is 6.04. The van der Waals surface area contributed by atoms with E-state index in [0.29, 0.717) is 5.69 Å². The predicted molar refractivity (Wildman–Crippen MR) is 113 cm³/mol. The Morgan fingerprint density at radius 1 is 0.931 bits per heavy atom. The summed E-state index contributed by atoms with van der Waals surface area (Å²) in [6, 6.07) is 11.6. The lowest BCUT2D eigenvalue weighted by molar-refractivity contribution is -0.117. The van der Waals surface area contributed by atoms with E-state index in [0.717, 1.165) is 33.6 Å². The van der Waals surface area contributed by atoms with Crippen molar-refractivity contribution in [2.75, 3.05) is 10.6 Å². The fourth-order valence-corrected chi connectivity index (χ4v) is 2.98. The van der Waals surface area contributed by atoms with E-state index in [-0.39, 0.29) is 24.1 Å². The van der Waals surface area contributed by atoms with Crippen molar-refractivity contribution in [3.05, 3.63) is 70.0 Å². The third kappa shape index (κ3) is 4.51. The van der Waals surface area contributed by atoms with Crippen molar-refractivity contribution in [1.82, 2.24) is 15.0 Å². The van der Waals surface area contributed by atoms with Crippen molar-refractivity contribution < 1.29 is 9.59 Å². The molecule has 7 heteroatoms. The molecule has 0 saturated carbocycles. The first-order chi connectivity index (χ1) is 13.8. The molecule has 0 fully saturated rings. The smallest absolute Gasteiger partial charge is 0.278 e. The van der Waals surface area contributed by atoms with Crippen LogP contribution in [-0.4, -0.2) is 26.8 Å². The zero-order chi connectivity index (χ0) is 21.1. The second kappa shape index (κ2) is 8.26. The van der Waals surface area contributed by atoms with Gasteiger partial charge in [0.1, 0.15) is 6.54 Å². The Kier molecular flexibility index (Phi) is 5.77. The maximum absolute atomic E-state index is 12.6. The highest BCUT2D eigenvalue weighted by Gasteiger charge is 2.19. The molecule has 0 atom stereocenters. The van der Waals surface area contributed by atoms with Gasteiger partial charge < -0.3 is 10.6 Å². The number of amides is 2. The predicted octanol–water partition coefficient (Wildman–Crippen LogP) is 3.71. The number of nitrogens with zero attached hydrogens (tertiary/aromatic N) is 3. The van der Waals surface area contributed by atoms with E-state index in [9.17, 15) is 9.59 Å². The van der Waals surface area contributed by atoms with Gasteiger partial charge in [0.15, 0.2) is 5.69 Å². The number of aromatic nitrogens is 3. The molecular weight excluding hydrogens is 366 g/mol. The Balaban J connectivity index is 1.71. The second-order valence-corrected chi connectivity index (χ2v) is 7.25. The summed E-state index contributed by atoms with van der Waals surface area (Å²) in [4.78, 5) is 25.1. The molecule has 3 rings (SSSR count). The van der Waals surface area contributed by atoms with Crippen molar-refractivity contribution in [1.29, 1.82) is 0 Å². The van der Waals surface area contributed by atoms with Gasteiger partial charge in [-0.2, -0.15) is 0 Å². The number of carbonyl (C=O) groups excluding carboxylic acids is 2. The van der Waals surface area contributed by atoms with Crippen molar-refractivity contribution in [2.24, 2.45) is 0 Å². The minimum Gasteiger partial charge on any atom is -0.324 e. The molecule has 0 saturated heterocycles. The molecule has 1 aromatic heterocycles. The van der Waals surface area contributed by atoms with Gasteiger partial charge in [0, 0.05) is 11.4 Å². The molecule has 0 spiro atoms. The summed E-state index contributed by atoms with van der Waals surface area (Å²) in [6.45, 7) is 9.54.